The lowest BCUT2D eigenvalue weighted by Gasteiger charge is -2.16. The Kier molecular flexibility index (Phi) is 4.35. The minimum absolute atomic E-state index is 0.368. The van der Waals surface area contributed by atoms with Crippen LogP contribution in [0, 0.1) is 11.3 Å². The summed E-state index contributed by atoms with van der Waals surface area (Å²) in [5.74, 6) is 0.368. The van der Waals surface area contributed by atoms with E-state index in [9.17, 15) is 5.26 Å². The van der Waals surface area contributed by atoms with Crippen LogP contribution in [0.2, 0.25) is 0 Å². The Morgan fingerprint density at radius 3 is 2.55 bits per heavy atom. The molecule has 0 bridgehead atoms. The molecule has 0 saturated heterocycles. The third kappa shape index (κ3) is 2.69. The Hall–Kier alpha value is -1.99. The molecule has 3 nitrogen and oxygen atoms in total. The second-order valence-corrected chi connectivity index (χ2v) is 6.45. The minimum Gasteiger partial charge on any atom is -0.383 e. The highest BCUT2D eigenvalue weighted by molar-refractivity contribution is 7.98. The Labute approximate surface area is 135 Å². The fourth-order valence-corrected chi connectivity index (χ4v) is 3.54. The summed E-state index contributed by atoms with van der Waals surface area (Å²) in [5, 5.41) is 9.56. The number of hydrogen-bond acceptors (Lipinski definition) is 4. The molecule has 0 atom stereocenters. The highest BCUT2D eigenvalue weighted by Gasteiger charge is 2.21. The van der Waals surface area contributed by atoms with Crippen molar-refractivity contribution in [2.45, 2.75) is 37.0 Å². The van der Waals surface area contributed by atoms with E-state index < -0.39 is 0 Å². The zero-order valence-electron chi connectivity index (χ0n) is 12.7. The second kappa shape index (κ2) is 6.41. The molecule has 2 N–H and O–H groups in total. The van der Waals surface area contributed by atoms with Crippen LogP contribution in [-0.4, -0.2) is 11.2 Å². The summed E-state index contributed by atoms with van der Waals surface area (Å²) < 4.78 is 0. The van der Waals surface area contributed by atoms with Crippen LogP contribution in [0.4, 0.5) is 5.82 Å². The van der Waals surface area contributed by atoms with Gasteiger partial charge in [-0.25, -0.2) is 4.98 Å². The maximum absolute atomic E-state index is 9.56. The standard InChI is InChI=1S/C18H19N3S/c1-22-13-9-7-12(8-10-13)17-14-5-3-2-4-6-16(14)21-18(20)15(17)11-19/h7-10H,2-6H2,1H3,(H2,20,21). The van der Waals surface area contributed by atoms with E-state index in [1.54, 1.807) is 11.8 Å². The molecule has 0 radical (unpaired) electrons. The molecule has 4 heteroatoms. The van der Waals surface area contributed by atoms with Crippen LogP contribution < -0.4 is 5.73 Å². The van der Waals surface area contributed by atoms with Crippen molar-refractivity contribution >= 4 is 17.6 Å². The maximum Gasteiger partial charge on any atom is 0.142 e. The fourth-order valence-electron chi connectivity index (χ4n) is 3.13. The monoisotopic (exact) mass is 309 g/mol. The predicted molar refractivity (Wildman–Crippen MR) is 91.8 cm³/mol. The van der Waals surface area contributed by atoms with Crippen LogP contribution in [0.1, 0.15) is 36.1 Å². The van der Waals surface area contributed by atoms with E-state index in [0.29, 0.717) is 11.4 Å². The SMILES string of the molecule is CSc1ccc(-c2c(C#N)c(N)nc3c2CCCCC3)cc1. The highest BCUT2D eigenvalue weighted by Crippen LogP contribution is 2.35. The number of fused-ring (bicyclic) bond motifs is 1. The van der Waals surface area contributed by atoms with Gasteiger partial charge in [-0.2, -0.15) is 5.26 Å². The number of nitrogen functional groups attached to an aromatic ring is 1. The molecule has 112 valence electrons. The summed E-state index contributed by atoms with van der Waals surface area (Å²) in [5.41, 5.74) is 11.0. The number of thioether (sulfide) groups is 1. The lowest BCUT2D eigenvalue weighted by atomic mass is 9.92. The second-order valence-electron chi connectivity index (χ2n) is 5.57. The van der Waals surface area contributed by atoms with E-state index in [0.717, 1.165) is 42.5 Å². The summed E-state index contributed by atoms with van der Waals surface area (Å²) in [6, 6.07) is 10.6. The summed E-state index contributed by atoms with van der Waals surface area (Å²) in [6.45, 7) is 0. The Balaban J connectivity index is 2.23. The molecule has 0 aliphatic heterocycles. The molecule has 1 aliphatic rings. The summed E-state index contributed by atoms with van der Waals surface area (Å²) in [6.07, 6.45) is 7.52. The number of nitrogens with zero attached hydrogens (tertiary/aromatic N) is 2. The van der Waals surface area contributed by atoms with E-state index in [1.165, 1.54) is 16.9 Å². The van der Waals surface area contributed by atoms with Gasteiger partial charge < -0.3 is 5.73 Å². The summed E-state index contributed by atoms with van der Waals surface area (Å²) in [4.78, 5) is 5.73. The van der Waals surface area contributed by atoms with Crippen LogP contribution in [0.25, 0.3) is 11.1 Å². The van der Waals surface area contributed by atoms with E-state index in [1.807, 2.05) is 0 Å². The predicted octanol–water partition coefficient (Wildman–Crippen LogP) is 4.19. The molecule has 1 heterocycles. The smallest absolute Gasteiger partial charge is 0.142 e. The number of pyridine rings is 1. The number of hydrogen-bond donors (Lipinski definition) is 1. The molecule has 0 unspecified atom stereocenters. The van der Waals surface area contributed by atoms with Gasteiger partial charge in [0.2, 0.25) is 0 Å². The molecule has 0 fully saturated rings. The van der Waals surface area contributed by atoms with Gasteiger partial charge in [0.25, 0.3) is 0 Å². The van der Waals surface area contributed by atoms with E-state index >= 15 is 0 Å². The Morgan fingerprint density at radius 1 is 1.14 bits per heavy atom. The van der Waals surface area contributed by atoms with Crippen LogP contribution in [0.15, 0.2) is 29.2 Å². The minimum atomic E-state index is 0.368. The van der Waals surface area contributed by atoms with Gasteiger partial charge in [0, 0.05) is 16.2 Å². The Morgan fingerprint density at radius 2 is 1.86 bits per heavy atom. The van der Waals surface area contributed by atoms with Crippen LogP contribution in [-0.2, 0) is 12.8 Å². The molecule has 1 aromatic carbocycles. The quantitative estimate of drug-likeness (QED) is 0.667. The molecule has 3 rings (SSSR count). The molecule has 1 aromatic heterocycles. The van der Waals surface area contributed by atoms with Crippen molar-refractivity contribution in [1.29, 1.82) is 5.26 Å². The van der Waals surface area contributed by atoms with Gasteiger partial charge in [-0.1, -0.05) is 18.6 Å². The maximum atomic E-state index is 9.56. The van der Waals surface area contributed by atoms with E-state index in [2.05, 4.69) is 41.6 Å². The molecular formula is C18H19N3S. The molecule has 1 aliphatic carbocycles. The number of nitrogens with two attached hydrogens (primary N) is 1. The van der Waals surface area contributed by atoms with Crippen LogP contribution >= 0.6 is 11.8 Å². The third-order valence-corrected chi connectivity index (χ3v) is 4.99. The summed E-state index contributed by atoms with van der Waals surface area (Å²) in [7, 11) is 0. The molecule has 22 heavy (non-hydrogen) atoms. The fraction of sp³-hybridized carbons (Fsp3) is 0.333. The molecule has 0 amide bonds. The zero-order chi connectivity index (χ0) is 15.5. The Bertz CT molecular complexity index is 729. The number of rotatable bonds is 2. The van der Waals surface area contributed by atoms with Gasteiger partial charge >= 0.3 is 0 Å². The van der Waals surface area contributed by atoms with Gasteiger partial charge in [0.15, 0.2) is 0 Å². The topological polar surface area (TPSA) is 62.7 Å². The van der Waals surface area contributed by atoms with Crippen molar-refractivity contribution in [2.24, 2.45) is 0 Å². The lowest BCUT2D eigenvalue weighted by molar-refractivity contribution is 0.709. The van der Waals surface area contributed by atoms with Gasteiger partial charge in [-0.3, -0.25) is 0 Å². The van der Waals surface area contributed by atoms with Crippen LogP contribution in [0.5, 0.6) is 0 Å². The van der Waals surface area contributed by atoms with Crippen molar-refractivity contribution < 1.29 is 0 Å². The molecule has 0 saturated carbocycles. The molecule has 0 spiro atoms. The van der Waals surface area contributed by atoms with Crippen molar-refractivity contribution in [1.82, 2.24) is 4.98 Å². The van der Waals surface area contributed by atoms with Gasteiger partial charge in [-0.15, -0.1) is 11.8 Å². The van der Waals surface area contributed by atoms with Crippen molar-refractivity contribution in [3.8, 4) is 17.2 Å². The first-order chi connectivity index (χ1) is 10.7. The number of nitriles is 1. The first-order valence-electron chi connectivity index (χ1n) is 7.60. The third-order valence-electron chi connectivity index (χ3n) is 4.24. The number of aryl methyl sites for hydroxylation is 1. The molecule has 2 aromatic rings. The van der Waals surface area contributed by atoms with Crippen molar-refractivity contribution in [3.05, 3.63) is 41.1 Å². The summed E-state index contributed by atoms with van der Waals surface area (Å²) >= 11 is 1.72. The first kappa shape index (κ1) is 14.9. The highest BCUT2D eigenvalue weighted by atomic mass is 32.2. The largest absolute Gasteiger partial charge is 0.383 e. The number of benzene rings is 1. The normalized spacial score (nSPS) is 14.0. The first-order valence-corrected chi connectivity index (χ1v) is 8.83. The average Bonchev–Trinajstić information content (AvgIpc) is 2.78. The van der Waals surface area contributed by atoms with Gasteiger partial charge in [0.1, 0.15) is 17.5 Å². The van der Waals surface area contributed by atoms with Gasteiger partial charge in [0.05, 0.1) is 0 Å². The lowest BCUT2D eigenvalue weighted by Crippen LogP contribution is -2.06. The number of anilines is 1. The van der Waals surface area contributed by atoms with Crippen molar-refractivity contribution in [3.63, 3.8) is 0 Å². The van der Waals surface area contributed by atoms with Gasteiger partial charge in [-0.05, 0) is 55.2 Å². The zero-order valence-corrected chi connectivity index (χ0v) is 13.5. The van der Waals surface area contributed by atoms with E-state index in [4.69, 9.17) is 5.73 Å². The molecular weight excluding hydrogens is 290 g/mol. The average molecular weight is 309 g/mol. The van der Waals surface area contributed by atoms with E-state index in [-0.39, 0.29) is 0 Å². The van der Waals surface area contributed by atoms with Crippen LogP contribution in [0.3, 0.4) is 0 Å². The van der Waals surface area contributed by atoms with Crippen molar-refractivity contribution in [2.75, 3.05) is 12.0 Å². The number of aromatic nitrogens is 1.